The molecular weight excluding hydrogens is 264 g/mol. The molecule has 1 heterocycles. The number of phenolic OH excluding ortho intramolecular Hbond substituents is 1. The standard InChI is InChI=1S/C17H18N2O2/c1-19(11-12-6-8-14(20)9-7-12)17(21)16-10-13-4-2-3-5-15(13)18-16/h2-9,16,18,20H,10-11H2,1H3. The van der Waals surface area contributed by atoms with Gasteiger partial charge in [0.2, 0.25) is 5.91 Å². The average Bonchev–Trinajstić information content (AvgIpc) is 2.92. The molecule has 4 nitrogen and oxygen atoms in total. The van der Waals surface area contributed by atoms with E-state index in [1.54, 1.807) is 24.1 Å². The summed E-state index contributed by atoms with van der Waals surface area (Å²) in [5, 5.41) is 12.6. The third-order valence-electron chi connectivity index (χ3n) is 3.80. The monoisotopic (exact) mass is 282 g/mol. The summed E-state index contributed by atoms with van der Waals surface area (Å²) in [6.45, 7) is 0.535. The van der Waals surface area contributed by atoms with Crippen LogP contribution in [-0.2, 0) is 17.8 Å². The molecule has 1 aliphatic heterocycles. The molecule has 0 saturated heterocycles. The molecule has 2 aromatic carbocycles. The lowest BCUT2D eigenvalue weighted by molar-refractivity contribution is -0.131. The van der Waals surface area contributed by atoms with E-state index in [1.807, 2.05) is 30.3 Å². The molecule has 1 atom stereocenters. The Hall–Kier alpha value is -2.49. The van der Waals surface area contributed by atoms with Crippen LogP contribution in [0.3, 0.4) is 0 Å². The van der Waals surface area contributed by atoms with Gasteiger partial charge in [0.05, 0.1) is 0 Å². The summed E-state index contributed by atoms with van der Waals surface area (Å²) in [5.74, 6) is 0.319. The number of carbonyl (C=O) groups is 1. The topological polar surface area (TPSA) is 52.6 Å². The minimum Gasteiger partial charge on any atom is -0.508 e. The molecule has 4 heteroatoms. The van der Waals surface area contributed by atoms with Crippen molar-refractivity contribution in [3.8, 4) is 5.75 Å². The molecule has 1 amide bonds. The molecule has 0 fully saturated rings. The summed E-state index contributed by atoms with van der Waals surface area (Å²) >= 11 is 0. The third-order valence-corrected chi connectivity index (χ3v) is 3.80. The van der Waals surface area contributed by atoms with Crippen molar-refractivity contribution in [2.45, 2.75) is 19.0 Å². The maximum Gasteiger partial charge on any atom is 0.245 e. The van der Waals surface area contributed by atoms with Crippen LogP contribution >= 0.6 is 0 Å². The van der Waals surface area contributed by atoms with Crippen molar-refractivity contribution < 1.29 is 9.90 Å². The van der Waals surface area contributed by atoms with E-state index in [2.05, 4.69) is 11.4 Å². The molecular formula is C17H18N2O2. The number of anilines is 1. The lowest BCUT2D eigenvalue weighted by Gasteiger charge is -2.21. The zero-order valence-electron chi connectivity index (χ0n) is 11.9. The number of nitrogens with zero attached hydrogens (tertiary/aromatic N) is 1. The number of amides is 1. The Kier molecular flexibility index (Phi) is 3.52. The number of likely N-dealkylation sites (N-methyl/N-ethyl adjacent to an activating group) is 1. The van der Waals surface area contributed by atoms with Gasteiger partial charge < -0.3 is 15.3 Å². The van der Waals surface area contributed by atoms with E-state index in [1.165, 1.54) is 5.56 Å². The number of hydrogen-bond donors (Lipinski definition) is 2. The van der Waals surface area contributed by atoms with E-state index in [-0.39, 0.29) is 17.7 Å². The van der Waals surface area contributed by atoms with E-state index in [4.69, 9.17) is 0 Å². The zero-order chi connectivity index (χ0) is 14.8. The van der Waals surface area contributed by atoms with Gasteiger partial charge in [-0.2, -0.15) is 0 Å². The van der Waals surface area contributed by atoms with Crippen molar-refractivity contribution in [1.82, 2.24) is 4.90 Å². The summed E-state index contributed by atoms with van der Waals surface area (Å²) in [4.78, 5) is 14.2. The maximum absolute atomic E-state index is 12.5. The molecule has 0 aromatic heterocycles. The number of carbonyl (C=O) groups excluding carboxylic acids is 1. The number of aromatic hydroxyl groups is 1. The smallest absolute Gasteiger partial charge is 0.245 e. The Morgan fingerprint density at radius 3 is 2.67 bits per heavy atom. The highest BCUT2D eigenvalue weighted by Gasteiger charge is 2.28. The fraction of sp³-hybridized carbons (Fsp3) is 0.235. The normalized spacial score (nSPS) is 16.1. The Morgan fingerprint density at radius 2 is 1.95 bits per heavy atom. The minimum absolute atomic E-state index is 0.0827. The number of hydrogen-bond acceptors (Lipinski definition) is 3. The van der Waals surface area contributed by atoms with Crippen molar-refractivity contribution in [2.75, 3.05) is 12.4 Å². The number of para-hydroxylation sites is 1. The fourth-order valence-electron chi connectivity index (χ4n) is 2.67. The second-order valence-corrected chi connectivity index (χ2v) is 5.42. The van der Waals surface area contributed by atoms with E-state index < -0.39 is 0 Å². The third kappa shape index (κ3) is 2.84. The molecule has 21 heavy (non-hydrogen) atoms. The van der Waals surface area contributed by atoms with Gasteiger partial charge in [-0.1, -0.05) is 30.3 Å². The van der Waals surface area contributed by atoms with Crippen LogP contribution in [0.1, 0.15) is 11.1 Å². The molecule has 1 aliphatic rings. The lowest BCUT2D eigenvalue weighted by atomic mass is 10.1. The molecule has 0 saturated carbocycles. The van der Waals surface area contributed by atoms with Crippen molar-refractivity contribution >= 4 is 11.6 Å². The van der Waals surface area contributed by atoms with Gasteiger partial charge in [0.25, 0.3) is 0 Å². The molecule has 2 aromatic rings. The maximum atomic E-state index is 12.5. The predicted octanol–water partition coefficient (Wildman–Crippen LogP) is 2.39. The van der Waals surface area contributed by atoms with Crippen LogP contribution < -0.4 is 5.32 Å². The van der Waals surface area contributed by atoms with E-state index >= 15 is 0 Å². The van der Waals surface area contributed by atoms with Crippen LogP contribution in [0.2, 0.25) is 0 Å². The highest BCUT2D eigenvalue weighted by atomic mass is 16.3. The van der Waals surface area contributed by atoms with Crippen LogP contribution in [0, 0.1) is 0 Å². The Bertz CT molecular complexity index is 627. The number of benzene rings is 2. The predicted molar refractivity (Wildman–Crippen MR) is 82.1 cm³/mol. The van der Waals surface area contributed by atoms with Crippen LogP contribution in [0.15, 0.2) is 48.5 Å². The van der Waals surface area contributed by atoms with Crippen LogP contribution in [0.4, 0.5) is 5.69 Å². The Balaban J connectivity index is 1.65. The van der Waals surface area contributed by atoms with Gasteiger partial charge in [-0.3, -0.25) is 4.79 Å². The first-order valence-corrected chi connectivity index (χ1v) is 7.01. The average molecular weight is 282 g/mol. The summed E-state index contributed by atoms with van der Waals surface area (Å²) in [6, 6.07) is 14.8. The molecule has 0 spiro atoms. The second-order valence-electron chi connectivity index (χ2n) is 5.42. The van der Waals surface area contributed by atoms with Gasteiger partial charge in [-0.05, 0) is 29.3 Å². The molecule has 3 rings (SSSR count). The Morgan fingerprint density at radius 1 is 1.24 bits per heavy atom. The van der Waals surface area contributed by atoms with Crippen LogP contribution in [0.5, 0.6) is 5.75 Å². The summed E-state index contributed by atoms with van der Waals surface area (Å²) < 4.78 is 0. The quantitative estimate of drug-likeness (QED) is 0.909. The van der Waals surface area contributed by atoms with Crippen LogP contribution in [-0.4, -0.2) is 29.0 Å². The van der Waals surface area contributed by atoms with Crippen LogP contribution in [0.25, 0.3) is 0 Å². The zero-order valence-corrected chi connectivity index (χ0v) is 11.9. The van der Waals surface area contributed by atoms with Gasteiger partial charge in [0.15, 0.2) is 0 Å². The Labute approximate surface area is 124 Å². The van der Waals surface area contributed by atoms with E-state index in [0.717, 1.165) is 17.7 Å². The van der Waals surface area contributed by atoms with Gasteiger partial charge in [-0.15, -0.1) is 0 Å². The van der Waals surface area contributed by atoms with E-state index in [9.17, 15) is 9.90 Å². The highest BCUT2D eigenvalue weighted by Crippen LogP contribution is 2.26. The van der Waals surface area contributed by atoms with Gasteiger partial charge >= 0.3 is 0 Å². The molecule has 0 bridgehead atoms. The van der Waals surface area contributed by atoms with Crippen molar-refractivity contribution in [2.24, 2.45) is 0 Å². The number of nitrogens with one attached hydrogen (secondary N) is 1. The summed E-state index contributed by atoms with van der Waals surface area (Å²) in [5.41, 5.74) is 3.24. The molecule has 108 valence electrons. The van der Waals surface area contributed by atoms with Crippen molar-refractivity contribution in [3.63, 3.8) is 0 Å². The van der Waals surface area contributed by atoms with E-state index in [0.29, 0.717) is 6.54 Å². The highest BCUT2D eigenvalue weighted by molar-refractivity contribution is 5.87. The first kappa shape index (κ1) is 13.5. The minimum atomic E-state index is -0.190. The fourth-order valence-corrected chi connectivity index (χ4v) is 2.67. The number of rotatable bonds is 3. The number of fused-ring (bicyclic) bond motifs is 1. The van der Waals surface area contributed by atoms with Crippen molar-refractivity contribution in [1.29, 1.82) is 0 Å². The largest absolute Gasteiger partial charge is 0.508 e. The summed E-state index contributed by atoms with van der Waals surface area (Å²) in [7, 11) is 1.81. The molecule has 1 unspecified atom stereocenters. The first-order chi connectivity index (χ1) is 10.1. The SMILES string of the molecule is CN(Cc1ccc(O)cc1)C(=O)C1Cc2ccccc2N1. The van der Waals surface area contributed by atoms with Gasteiger partial charge in [0.1, 0.15) is 11.8 Å². The second kappa shape index (κ2) is 5.48. The summed E-state index contributed by atoms with van der Waals surface area (Å²) in [6.07, 6.45) is 0.731. The molecule has 0 aliphatic carbocycles. The molecule has 2 N–H and O–H groups in total. The van der Waals surface area contributed by atoms with Gasteiger partial charge in [0, 0.05) is 25.7 Å². The molecule has 0 radical (unpaired) electrons. The number of phenols is 1. The first-order valence-electron chi connectivity index (χ1n) is 7.01. The van der Waals surface area contributed by atoms with Crippen molar-refractivity contribution in [3.05, 3.63) is 59.7 Å². The lowest BCUT2D eigenvalue weighted by Crippen LogP contribution is -2.39. The van der Waals surface area contributed by atoms with Gasteiger partial charge in [-0.25, -0.2) is 0 Å².